The smallest absolute Gasteiger partial charge is 0.0729 e. The first kappa shape index (κ1) is 9.38. The van der Waals surface area contributed by atoms with Crippen LogP contribution in [0.15, 0.2) is 24.3 Å². The van der Waals surface area contributed by atoms with E-state index in [9.17, 15) is 0 Å². The van der Waals surface area contributed by atoms with Crippen LogP contribution in [0, 0.1) is 11.3 Å². The van der Waals surface area contributed by atoms with Crippen molar-refractivity contribution in [3.63, 3.8) is 0 Å². The largest absolute Gasteiger partial charge is 0.198 e. The van der Waals surface area contributed by atoms with Gasteiger partial charge in [-0.25, -0.2) is 0 Å². The third-order valence-corrected chi connectivity index (χ3v) is 2.25. The Hall–Kier alpha value is -0.710. The number of nitriles is 1. The van der Waals surface area contributed by atoms with Crippen molar-refractivity contribution < 1.29 is 0 Å². The number of hydrogen-bond donors (Lipinski definition) is 0. The highest BCUT2D eigenvalue weighted by molar-refractivity contribution is 6.32. The maximum absolute atomic E-state index is 8.41. The van der Waals surface area contributed by atoms with Crippen LogP contribution in [0.1, 0.15) is 17.4 Å². The third kappa shape index (κ3) is 2.14. The predicted molar refractivity (Wildman–Crippen MR) is 50.3 cm³/mol. The van der Waals surface area contributed by atoms with Crippen molar-refractivity contribution in [2.45, 2.75) is 11.8 Å². The lowest BCUT2D eigenvalue weighted by atomic mass is 10.1. The van der Waals surface area contributed by atoms with Gasteiger partial charge in [0.15, 0.2) is 0 Å². The van der Waals surface area contributed by atoms with Crippen LogP contribution in [0.25, 0.3) is 0 Å². The second-order valence-corrected chi connectivity index (χ2v) is 3.29. The lowest BCUT2D eigenvalue weighted by Gasteiger charge is -2.06. The highest BCUT2D eigenvalue weighted by atomic mass is 35.5. The van der Waals surface area contributed by atoms with Gasteiger partial charge >= 0.3 is 0 Å². The summed E-state index contributed by atoms with van der Waals surface area (Å²) in [7, 11) is 0. The van der Waals surface area contributed by atoms with Gasteiger partial charge in [-0.05, 0) is 11.6 Å². The van der Waals surface area contributed by atoms with Crippen LogP contribution in [0.3, 0.4) is 0 Å². The van der Waals surface area contributed by atoms with Crippen molar-refractivity contribution in [2.75, 3.05) is 0 Å². The minimum absolute atomic E-state index is 0.283. The SMILES string of the molecule is N#CCC(Cl)c1ccccc1Cl. The monoisotopic (exact) mass is 199 g/mol. The Bertz CT molecular complexity index is 304. The fourth-order valence-corrected chi connectivity index (χ4v) is 1.50. The molecule has 1 aromatic rings. The molecule has 0 bridgehead atoms. The van der Waals surface area contributed by atoms with Crippen LogP contribution in [-0.2, 0) is 0 Å². The molecule has 1 atom stereocenters. The molecule has 0 saturated heterocycles. The van der Waals surface area contributed by atoms with Crippen LogP contribution in [0.5, 0.6) is 0 Å². The summed E-state index contributed by atoms with van der Waals surface area (Å²) >= 11 is 11.8. The van der Waals surface area contributed by atoms with E-state index in [2.05, 4.69) is 0 Å². The topological polar surface area (TPSA) is 23.8 Å². The van der Waals surface area contributed by atoms with Gasteiger partial charge in [0.2, 0.25) is 0 Å². The molecule has 0 N–H and O–H groups in total. The van der Waals surface area contributed by atoms with Gasteiger partial charge in [0.1, 0.15) is 0 Å². The zero-order valence-corrected chi connectivity index (χ0v) is 7.81. The first-order valence-corrected chi connectivity index (χ1v) is 4.32. The number of halogens is 2. The van der Waals surface area contributed by atoms with Gasteiger partial charge in [-0.3, -0.25) is 0 Å². The van der Waals surface area contributed by atoms with Crippen molar-refractivity contribution >= 4 is 23.2 Å². The summed E-state index contributed by atoms with van der Waals surface area (Å²) in [6.45, 7) is 0. The van der Waals surface area contributed by atoms with Gasteiger partial charge in [0.05, 0.1) is 17.9 Å². The van der Waals surface area contributed by atoms with Gasteiger partial charge in [-0.2, -0.15) is 5.26 Å². The number of alkyl halides is 1. The molecule has 0 saturated carbocycles. The molecular weight excluding hydrogens is 193 g/mol. The molecule has 0 aromatic heterocycles. The normalized spacial score (nSPS) is 12.1. The molecule has 1 rings (SSSR count). The lowest BCUT2D eigenvalue weighted by molar-refractivity contribution is 0.967. The number of nitrogens with zero attached hydrogens (tertiary/aromatic N) is 1. The van der Waals surface area contributed by atoms with Gasteiger partial charge in [-0.15, -0.1) is 11.6 Å². The molecule has 0 aliphatic heterocycles. The molecule has 0 aliphatic carbocycles. The van der Waals surface area contributed by atoms with E-state index in [0.29, 0.717) is 5.02 Å². The van der Waals surface area contributed by atoms with Crippen LogP contribution >= 0.6 is 23.2 Å². The van der Waals surface area contributed by atoms with E-state index < -0.39 is 0 Å². The second kappa shape index (κ2) is 4.35. The molecule has 0 amide bonds. The third-order valence-electron chi connectivity index (χ3n) is 1.51. The summed E-state index contributed by atoms with van der Waals surface area (Å²) in [6.07, 6.45) is 0.283. The Kier molecular flexibility index (Phi) is 3.40. The van der Waals surface area contributed by atoms with Crippen molar-refractivity contribution in [3.8, 4) is 6.07 Å². The maximum Gasteiger partial charge on any atom is 0.0729 e. The van der Waals surface area contributed by atoms with Crippen LogP contribution in [-0.4, -0.2) is 0 Å². The Morgan fingerprint density at radius 2 is 2.08 bits per heavy atom. The summed E-state index contributed by atoms with van der Waals surface area (Å²) in [5.41, 5.74) is 0.822. The van der Waals surface area contributed by atoms with Gasteiger partial charge in [0.25, 0.3) is 0 Å². The van der Waals surface area contributed by atoms with Crippen molar-refractivity contribution in [2.24, 2.45) is 0 Å². The molecule has 0 fully saturated rings. The Balaban J connectivity index is 2.88. The standard InChI is InChI=1S/C9H7Cl2N/c10-8-4-2-1-3-7(8)9(11)5-6-12/h1-4,9H,5H2. The summed E-state index contributed by atoms with van der Waals surface area (Å²) < 4.78 is 0. The quantitative estimate of drug-likeness (QED) is 0.669. The van der Waals surface area contributed by atoms with E-state index in [1.807, 2.05) is 24.3 Å². The molecule has 0 heterocycles. The fourth-order valence-electron chi connectivity index (χ4n) is 0.919. The number of rotatable bonds is 2. The first-order chi connectivity index (χ1) is 5.75. The van der Waals surface area contributed by atoms with E-state index >= 15 is 0 Å². The molecule has 1 aromatic carbocycles. The van der Waals surface area contributed by atoms with Crippen LogP contribution in [0.2, 0.25) is 5.02 Å². The molecule has 62 valence electrons. The summed E-state index contributed by atoms with van der Waals surface area (Å²) in [4.78, 5) is 0. The van der Waals surface area contributed by atoms with E-state index in [4.69, 9.17) is 28.5 Å². The Labute approximate surface area is 81.5 Å². The molecule has 3 heteroatoms. The molecule has 12 heavy (non-hydrogen) atoms. The van der Waals surface area contributed by atoms with Crippen LogP contribution in [0.4, 0.5) is 0 Å². The number of benzene rings is 1. The molecule has 0 aliphatic rings. The molecule has 1 nitrogen and oxygen atoms in total. The summed E-state index contributed by atoms with van der Waals surface area (Å²) in [5, 5.41) is 8.73. The second-order valence-electron chi connectivity index (χ2n) is 2.35. The molecule has 1 unspecified atom stereocenters. The highest BCUT2D eigenvalue weighted by Crippen LogP contribution is 2.29. The Morgan fingerprint density at radius 3 is 2.67 bits per heavy atom. The Morgan fingerprint density at radius 1 is 1.42 bits per heavy atom. The van der Waals surface area contributed by atoms with Crippen LogP contribution < -0.4 is 0 Å². The molecule has 0 spiro atoms. The van der Waals surface area contributed by atoms with Gasteiger partial charge < -0.3 is 0 Å². The predicted octanol–water partition coefficient (Wildman–Crippen LogP) is 3.53. The van der Waals surface area contributed by atoms with E-state index in [0.717, 1.165) is 5.56 Å². The summed E-state index contributed by atoms with van der Waals surface area (Å²) in [6, 6.07) is 9.29. The lowest BCUT2D eigenvalue weighted by Crippen LogP contribution is -1.89. The minimum atomic E-state index is -0.302. The van der Waals surface area contributed by atoms with E-state index in [1.54, 1.807) is 6.07 Å². The maximum atomic E-state index is 8.41. The zero-order chi connectivity index (χ0) is 8.97. The van der Waals surface area contributed by atoms with Gasteiger partial charge in [0, 0.05) is 5.02 Å². The average molecular weight is 200 g/mol. The highest BCUT2D eigenvalue weighted by Gasteiger charge is 2.09. The zero-order valence-electron chi connectivity index (χ0n) is 6.30. The van der Waals surface area contributed by atoms with Gasteiger partial charge in [-0.1, -0.05) is 29.8 Å². The van der Waals surface area contributed by atoms with E-state index in [-0.39, 0.29) is 11.8 Å². The number of hydrogen-bond acceptors (Lipinski definition) is 1. The first-order valence-electron chi connectivity index (χ1n) is 3.51. The summed E-state index contributed by atoms with van der Waals surface area (Å²) in [5.74, 6) is 0. The fraction of sp³-hybridized carbons (Fsp3) is 0.222. The van der Waals surface area contributed by atoms with Crippen molar-refractivity contribution in [3.05, 3.63) is 34.9 Å². The van der Waals surface area contributed by atoms with Crippen molar-refractivity contribution in [1.82, 2.24) is 0 Å². The minimum Gasteiger partial charge on any atom is -0.198 e. The van der Waals surface area contributed by atoms with E-state index in [1.165, 1.54) is 0 Å². The van der Waals surface area contributed by atoms with Crippen molar-refractivity contribution in [1.29, 1.82) is 5.26 Å². The average Bonchev–Trinajstić information content (AvgIpc) is 2.05. The molecular formula is C9H7Cl2N. The molecule has 0 radical (unpaired) electrons.